The molecule has 2 aliphatic heterocycles. The Bertz CT molecular complexity index is 205. The molecule has 0 aromatic rings. The van der Waals surface area contributed by atoms with Crippen molar-refractivity contribution in [3.63, 3.8) is 0 Å². The average molecular weight is 185 g/mol. The molecule has 0 bridgehead atoms. The van der Waals surface area contributed by atoms with Crippen molar-refractivity contribution in [1.82, 2.24) is 5.32 Å². The number of hydrogen-bond acceptors (Lipinski definition) is 4. The Balaban J connectivity index is 2.13. The molecule has 0 amide bonds. The molecule has 2 heterocycles. The highest BCUT2D eigenvalue weighted by Gasteiger charge is 2.50. The van der Waals surface area contributed by atoms with Crippen LogP contribution in [0.25, 0.3) is 0 Å². The van der Waals surface area contributed by atoms with E-state index in [9.17, 15) is 4.79 Å². The topological polar surface area (TPSA) is 47.6 Å². The van der Waals surface area contributed by atoms with E-state index >= 15 is 0 Å². The lowest BCUT2D eigenvalue weighted by atomic mass is 9.94. The quantitative estimate of drug-likeness (QED) is 0.596. The molecule has 0 aromatic carbocycles. The summed E-state index contributed by atoms with van der Waals surface area (Å²) in [7, 11) is 1.43. The van der Waals surface area contributed by atoms with Crippen LogP contribution in [-0.4, -0.2) is 32.0 Å². The molecule has 0 saturated carbocycles. The molecule has 2 saturated heterocycles. The van der Waals surface area contributed by atoms with E-state index in [2.05, 4.69) is 5.32 Å². The molecule has 0 radical (unpaired) electrons. The maximum Gasteiger partial charge on any atom is 0.313 e. The zero-order valence-corrected chi connectivity index (χ0v) is 7.84. The van der Waals surface area contributed by atoms with E-state index in [4.69, 9.17) is 9.47 Å². The Morgan fingerprint density at radius 2 is 2.54 bits per heavy atom. The molecule has 4 nitrogen and oxygen atoms in total. The van der Waals surface area contributed by atoms with Crippen LogP contribution < -0.4 is 5.32 Å². The first-order valence-electron chi connectivity index (χ1n) is 4.75. The summed E-state index contributed by atoms with van der Waals surface area (Å²) in [5, 5.41) is 3.27. The minimum Gasteiger partial charge on any atom is -0.469 e. The minimum atomic E-state index is -0.396. The second-order valence-corrected chi connectivity index (χ2v) is 3.63. The number of esters is 1. The van der Waals surface area contributed by atoms with E-state index in [0.29, 0.717) is 0 Å². The first-order chi connectivity index (χ1) is 6.28. The van der Waals surface area contributed by atoms with Gasteiger partial charge < -0.3 is 9.47 Å². The highest BCUT2D eigenvalue weighted by molar-refractivity contribution is 5.74. The van der Waals surface area contributed by atoms with Gasteiger partial charge in [0.25, 0.3) is 0 Å². The van der Waals surface area contributed by atoms with Gasteiger partial charge in [0, 0.05) is 6.61 Å². The highest BCUT2D eigenvalue weighted by atomic mass is 16.5. The minimum absolute atomic E-state index is 0.111. The van der Waals surface area contributed by atoms with Crippen LogP contribution in [-0.2, 0) is 14.3 Å². The van der Waals surface area contributed by atoms with Crippen LogP contribution in [0.1, 0.15) is 19.3 Å². The van der Waals surface area contributed by atoms with Gasteiger partial charge in [-0.05, 0) is 25.8 Å². The van der Waals surface area contributed by atoms with Crippen molar-refractivity contribution in [3.8, 4) is 0 Å². The number of nitrogens with one attached hydrogen (secondary N) is 1. The van der Waals surface area contributed by atoms with E-state index in [1.54, 1.807) is 0 Å². The maximum absolute atomic E-state index is 11.4. The molecule has 74 valence electrons. The number of rotatable bonds is 1. The predicted octanol–water partition coefficient (Wildman–Crippen LogP) is 0.276. The molecule has 1 spiro atoms. The van der Waals surface area contributed by atoms with Crippen molar-refractivity contribution < 1.29 is 14.3 Å². The molecule has 0 aliphatic carbocycles. The van der Waals surface area contributed by atoms with Crippen molar-refractivity contribution in [3.05, 3.63) is 0 Å². The Labute approximate surface area is 77.6 Å². The Morgan fingerprint density at radius 3 is 3.15 bits per heavy atom. The zero-order chi connectivity index (χ0) is 9.31. The number of methoxy groups -OCH3 is 1. The standard InChI is InChI=1S/C9H15NO3/c1-12-8(11)7-3-5-10-9(7)4-2-6-13-9/h7,10H,2-6H2,1H3. The number of carbonyl (C=O) groups excluding carboxylic acids is 1. The second kappa shape index (κ2) is 3.27. The van der Waals surface area contributed by atoms with Crippen molar-refractivity contribution in [2.24, 2.45) is 5.92 Å². The van der Waals surface area contributed by atoms with Gasteiger partial charge in [0.05, 0.1) is 7.11 Å². The van der Waals surface area contributed by atoms with Gasteiger partial charge in [-0.25, -0.2) is 0 Å². The largest absolute Gasteiger partial charge is 0.469 e. The Kier molecular flexibility index (Phi) is 2.26. The van der Waals surface area contributed by atoms with Crippen molar-refractivity contribution >= 4 is 5.97 Å². The smallest absolute Gasteiger partial charge is 0.313 e. The van der Waals surface area contributed by atoms with Gasteiger partial charge in [-0.15, -0.1) is 0 Å². The van der Waals surface area contributed by atoms with E-state index in [1.807, 2.05) is 0 Å². The lowest BCUT2D eigenvalue weighted by Crippen LogP contribution is -2.47. The van der Waals surface area contributed by atoms with Gasteiger partial charge in [-0.2, -0.15) is 0 Å². The lowest BCUT2D eigenvalue weighted by molar-refractivity contribution is -0.155. The van der Waals surface area contributed by atoms with Crippen molar-refractivity contribution in [1.29, 1.82) is 0 Å². The number of carbonyl (C=O) groups is 1. The van der Waals surface area contributed by atoms with E-state index in [-0.39, 0.29) is 11.9 Å². The summed E-state index contributed by atoms with van der Waals surface area (Å²) in [6.07, 6.45) is 2.78. The van der Waals surface area contributed by atoms with E-state index in [1.165, 1.54) is 7.11 Å². The summed E-state index contributed by atoms with van der Waals surface area (Å²) in [6, 6.07) is 0. The number of ether oxygens (including phenoxy) is 2. The monoisotopic (exact) mass is 185 g/mol. The van der Waals surface area contributed by atoms with Crippen LogP contribution >= 0.6 is 0 Å². The van der Waals surface area contributed by atoms with E-state index in [0.717, 1.165) is 32.4 Å². The van der Waals surface area contributed by atoms with E-state index < -0.39 is 5.72 Å². The van der Waals surface area contributed by atoms with Crippen LogP contribution in [0.2, 0.25) is 0 Å². The lowest BCUT2D eigenvalue weighted by Gasteiger charge is -2.28. The normalized spacial score (nSPS) is 38.4. The zero-order valence-electron chi connectivity index (χ0n) is 7.84. The molecular formula is C9H15NO3. The molecule has 2 unspecified atom stereocenters. The molecule has 4 heteroatoms. The van der Waals surface area contributed by atoms with Gasteiger partial charge in [0.1, 0.15) is 11.6 Å². The second-order valence-electron chi connectivity index (χ2n) is 3.63. The molecule has 2 atom stereocenters. The molecule has 2 fully saturated rings. The fraction of sp³-hybridized carbons (Fsp3) is 0.889. The third kappa shape index (κ3) is 1.34. The Morgan fingerprint density at radius 1 is 1.69 bits per heavy atom. The molecule has 0 aromatic heterocycles. The predicted molar refractivity (Wildman–Crippen MR) is 46.0 cm³/mol. The van der Waals surface area contributed by atoms with Crippen LogP contribution in [0, 0.1) is 5.92 Å². The van der Waals surface area contributed by atoms with Gasteiger partial charge in [-0.1, -0.05) is 0 Å². The van der Waals surface area contributed by atoms with Gasteiger partial charge in [0.15, 0.2) is 0 Å². The van der Waals surface area contributed by atoms with Crippen LogP contribution in [0.15, 0.2) is 0 Å². The fourth-order valence-corrected chi connectivity index (χ4v) is 2.31. The Hall–Kier alpha value is -0.610. The van der Waals surface area contributed by atoms with Crippen molar-refractivity contribution in [2.75, 3.05) is 20.3 Å². The fourth-order valence-electron chi connectivity index (χ4n) is 2.31. The van der Waals surface area contributed by atoms with Crippen molar-refractivity contribution in [2.45, 2.75) is 25.0 Å². The highest BCUT2D eigenvalue weighted by Crippen LogP contribution is 2.37. The third-order valence-corrected chi connectivity index (χ3v) is 2.96. The van der Waals surface area contributed by atoms with Crippen LogP contribution in [0.4, 0.5) is 0 Å². The summed E-state index contributed by atoms with van der Waals surface area (Å²) >= 11 is 0. The molecule has 13 heavy (non-hydrogen) atoms. The summed E-state index contributed by atoms with van der Waals surface area (Å²) in [6.45, 7) is 1.60. The summed E-state index contributed by atoms with van der Waals surface area (Å²) < 4.78 is 10.4. The SMILES string of the molecule is COC(=O)C1CCNC12CCCO2. The first kappa shape index (κ1) is 8.97. The first-order valence-corrected chi connectivity index (χ1v) is 4.75. The van der Waals surface area contributed by atoms with Crippen LogP contribution in [0.3, 0.4) is 0 Å². The van der Waals surface area contributed by atoms with Gasteiger partial charge in [0.2, 0.25) is 0 Å². The average Bonchev–Trinajstić information content (AvgIpc) is 2.76. The third-order valence-electron chi connectivity index (χ3n) is 2.96. The van der Waals surface area contributed by atoms with Gasteiger partial charge in [-0.3, -0.25) is 10.1 Å². The molecule has 2 rings (SSSR count). The summed E-state index contributed by atoms with van der Waals surface area (Å²) in [4.78, 5) is 11.4. The molecular weight excluding hydrogens is 170 g/mol. The number of hydrogen-bond donors (Lipinski definition) is 1. The summed E-state index contributed by atoms with van der Waals surface area (Å²) in [5.41, 5.74) is -0.396. The van der Waals surface area contributed by atoms with Gasteiger partial charge >= 0.3 is 5.97 Å². The maximum atomic E-state index is 11.4. The molecule has 2 aliphatic rings. The molecule has 1 N–H and O–H groups in total. The summed E-state index contributed by atoms with van der Waals surface area (Å²) in [5.74, 6) is -0.258. The van der Waals surface area contributed by atoms with Crippen LogP contribution in [0.5, 0.6) is 0 Å².